The van der Waals surface area contributed by atoms with Crippen LogP contribution in [0.3, 0.4) is 0 Å². The van der Waals surface area contributed by atoms with Crippen LogP contribution in [0.15, 0.2) is 47.2 Å². The maximum atomic E-state index is 6.08. The lowest BCUT2D eigenvalue weighted by atomic mass is 10.1. The summed E-state index contributed by atoms with van der Waals surface area (Å²) in [6.45, 7) is 5.62. The number of benzene rings is 2. The van der Waals surface area contributed by atoms with Crippen LogP contribution in [0.4, 0.5) is 0 Å². The van der Waals surface area contributed by atoms with Crippen molar-refractivity contribution < 1.29 is 9.47 Å². The molecule has 6 nitrogen and oxygen atoms in total. The average Bonchev–Trinajstić information content (AvgIpc) is 3.06. The number of H-pyrrole nitrogens is 1. The Labute approximate surface area is 171 Å². The SMILES string of the molecule is CCOc1cc(CNn2cn[nH]c2=S)cc(Br)c1OCc1ccccc1C. The fraction of sp³-hybridized carbons (Fsp3) is 0.263. The molecular formula is C19H21BrN4O2S. The van der Waals surface area contributed by atoms with Crippen LogP contribution in [-0.4, -0.2) is 21.5 Å². The first kappa shape index (κ1) is 19.4. The molecule has 3 aromatic rings. The van der Waals surface area contributed by atoms with Crippen molar-refractivity contribution in [3.8, 4) is 11.5 Å². The van der Waals surface area contributed by atoms with Gasteiger partial charge in [-0.2, -0.15) is 5.10 Å². The van der Waals surface area contributed by atoms with Gasteiger partial charge >= 0.3 is 0 Å². The van der Waals surface area contributed by atoms with Gasteiger partial charge < -0.3 is 14.9 Å². The predicted octanol–water partition coefficient (Wildman–Crippen LogP) is 4.73. The number of aromatic nitrogens is 3. The molecule has 1 aromatic heterocycles. The Morgan fingerprint density at radius 1 is 1.26 bits per heavy atom. The summed E-state index contributed by atoms with van der Waals surface area (Å²) in [7, 11) is 0. The molecule has 0 saturated carbocycles. The van der Waals surface area contributed by atoms with Gasteiger partial charge in [-0.25, -0.2) is 4.68 Å². The summed E-state index contributed by atoms with van der Waals surface area (Å²) in [5, 5.41) is 6.60. The number of nitrogens with zero attached hydrogens (tertiary/aromatic N) is 2. The van der Waals surface area contributed by atoms with E-state index in [4.69, 9.17) is 21.7 Å². The second-order valence-corrected chi connectivity index (χ2v) is 7.16. The first-order chi connectivity index (χ1) is 13.1. The third-order valence-electron chi connectivity index (χ3n) is 4.01. The van der Waals surface area contributed by atoms with Crippen LogP contribution in [0.2, 0.25) is 0 Å². The molecule has 0 aliphatic heterocycles. The molecule has 0 atom stereocenters. The van der Waals surface area contributed by atoms with Gasteiger partial charge in [0.05, 0.1) is 17.6 Å². The van der Waals surface area contributed by atoms with Crippen LogP contribution in [0, 0.1) is 11.7 Å². The first-order valence-corrected chi connectivity index (χ1v) is 9.77. The van der Waals surface area contributed by atoms with Gasteiger partial charge in [0.2, 0.25) is 4.77 Å². The smallest absolute Gasteiger partial charge is 0.214 e. The van der Waals surface area contributed by atoms with Gasteiger partial charge in [-0.15, -0.1) is 0 Å². The van der Waals surface area contributed by atoms with Crippen molar-refractivity contribution in [1.82, 2.24) is 14.9 Å². The van der Waals surface area contributed by atoms with Crippen LogP contribution in [0.25, 0.3) is 0 Å². The number of halogens is 1. The van der Waals surface area contributed by atoms with Crippen molar-refractivity contribution in [2.45, 2.75) is 27.0 Å². The molecule has 8 heteroatoms. The molecule has 0 aliphatic carbocycles. The highest BCUT2D eigenvalue weighted by atomic mass is 79.9. The maximum absolute atomic E-state index is 6.08. The molecular weight excluding hydrogens is 428 g/mol. The number of aromatic amines is 1. The van der Waals surface area contributed by atoms with E-state index >= 15 is 0 Å². The highest BCUT2D eigenvalue weighted by Crippen LogP contribution is 2.37. The molecule has 1 heterocycles. The molecule has 0 saturated heterocycles. The molecule has 0 aliphatic rings. The zero-order valence-electron chi connectivity index (χ0n) is 15.2. The molecule has 0 spiro atoms. The Morgan fingerprint density at radius 2 is 2.07 bits per heavy atom. The molecule has 0 unspecified atom stereocenters. The number of aryl methyl sites for hydroxylation is 1. The number of hydrogen-bond donors (Lipinski definition) is 2. The molecule has 2 aromatic carbocycles. The largest absolute Gasteiger partial charge is 0.490 e. The van der Waals surface area contributed by atoms with Crippen LogP contribution < -0.4 is 14.9 Å². The van der Waals surface area contributed by atoms with Gasteiger partial charge in [-0.3, -0.25) is 5.10 Å². The lowest BCUT2D eigenvalue weighted by Gasteiger charge is -2.16. The van der Waals surface area contributed by atoms with E-state index < -0.39 is 0 Å². The number of rotatable bonds is 8. The summed E-state index contributed by atoms with van der Waals surface area (Å²) in [4.78, 5) is 0. The Hall–Kier alpha value is -2.32. The Morgan fingerprint density at radius 3 is 2.78 bits per heavy atom. The van der Waals surface area contributed by atoms with Crippen molar-refractivity contribution in [3.05, 3.63) is 68.7 Å². The number of nitrogens with one attached hydrogen (secondary N) is 2. The first-order valence-electron chi connectivity index (χ1n) is 8.57. The van der Waals surface area contributed by atoms with Crippen molar-refractivity contribution in [1.29, 1.82) is 0 Å². The Bertz CT molecular complexity index is 970. The molecule has 0 radical (unpaired) electrons. The van der Waals surface area contributed by atoms with Crippen molar-refractivity contribution in [2.24, 2.45) is 0 Å². The van der Waals surface area contributed by atoms with Crippen LogP contribution >= 0.6 is 28.1 Å². The third-order valence-corrected chi connectivity index (χ3v) is 4.89. The summed E-state index contributed by atoms with van der Waals surface area (Å²) in [6.07, 6.45) is 1.60. The monoisotopic (exact) mass is 448 g/mol. The van der Waals surface area contributed by atoms with Crippen molar-refractivity contribution in [3.63, 3.8) is 0 Å². The number of hydrogen-bond acceptors (Lipinski definition) is 5. The van der Waals surface area contributed by atoms with E-state index in [0.29, 0.717) is 36.0 Å². The highest BCUT2D eigenvalue weighted by molar-refractivity contribution is 9.10. The lowest BCUT2D eigenvalue weighted by Crippen LogP contribution is -2.13. The molecule has 0 bridgehead atoms. The maximum Gasteiger partial charge on any atom is 0.214 e. The Balaban J connectivity index is 1.78. The van der Waals surface area contributed by atoms with Gasteiger partial charge in [-0.1, -0.05) is 24.3 Å². The van der Waals surface area contributed by atoms with Gasteiger partial charge in [-0.05, 0) is 70.8 Å². The van der Waals surface area contributed by atoms with E-state index in [0.717, 1.165) is 15.6 Å². The minimum Gasteiger partial charge on any atom is -0.490 e. The fourth-order valence-electron chi connectivity index (χ4n) is 2.59. The minimum atomic E-state index is 0.479. The molecule has 27 heavy (non-hydrogen) atoms. The van der Waals surface area contributed by atoms with Gasteiger partial charge in [0.1, 0.15) is 12.9 Å². The standard InChI is InChI=1S/C19H21BrN4O2S/c1-3-25-17-9-14(10-22-24-12-21-23-19(24)27)8-16(20)18(17)26-11-15-7-5-4-6-13(15)2/h4-9,12,22H,3,10-11H2,1-2H3,(H,23,27). The minimum absolute atomic E-state index is 0.479. The average molecular weight is 449 g/mol. The van der Waals surface area contributed by atoms with E-state index in [2.05, 4.69) is 50.6 Å². The second kappa shape index (κ2) is 9.05. The van der Waals surface area contributed by atoms with E-state index in [-0.39, 0.29) is 0 Å². The summed E-state index contributed by atoms with van der Waals surface area (Å²) in [5.41, 5.74) is 6.56. The lowest BCUT2D eigenvalue weighted by molar-refractivity contribution is 0.267. The molecule has 2 N–H and O–H groups in total. The third kappa shape index (κ3) is 4.90. The summed E-state index contributed by atoms with van der Waals surface area (Å²) in [6, 6.07) is 12.2. The zero-order valence-corrected chi connectivity index (χ0v) is 17.6. The fourth-order valence-corrected chi connectivity index (χ4v) is 3.35. The van der Waals surface area contributed by atoms with E-state index in [1.54, 1.807) is 11.0 Å². The van der Waals surface area contributed by atoms with Crippen molar-refractivity contribution in [2.75, 3.05) is 12.0 Å². The van der Waals surface area contributed by atoms with Crippen LogP contribution in [0.5, 0.6) is 11.5 Å². The quantitative estimate of drug-likeness (QED) is 0.487. The zero-order chi connectivity index (χ0) is 19.2. The van der Waals surface area contributed by atoms with E-state index in [1.807, 2.05) is 31.2 Å². The van der Waals surface area contributed by atoms with E-state index in [9.17, 15) is 0 Å². The van der Waals surface area contributed by atoms with Crippen LogP contribution in [-0.2, 0) is 13.2 Å². The second-order valence-electron chi connectivity index (χ2n) is 5.92. The van der Waals surface area contributed by atoms with Gasteiger partial charge in [0.25, 0.3) is 0 Å². The summed E-state index contributed by atoms with van der Waals surface area (Å²) in [5.74, 6) is 1.40. The van der Waals surface area contributed by atoms with Crippen molar-refractivity contribution >= 4 is 28.1 Å². The molecule has 142 valence electrons. The normalized spacial score (nSPS) is 10.6. The Kier molecular flexibility index (Phi) is 6.52. The number of ether oxygens (including phenoxy) is 2. The highest BCUT2D eigenvalue weighted by Gasteiger charge is 2.13. The van der Waals surface area contributed by atoms with Gasteiger partial charge in [0, 0.05) is 0 Å². The van der Waals surface area contributed by atoms with Gasteiger partial charge in [0.15, 0.2) is 11.5 Å². The van der Waals surface area contributed by atoms with Crippen LogP contribution in [0.1, 0.15) is 23.6 Å². The topological polar surface area (TPSA) is 64.1 Å². The molecule has 0 fully saturated rings. The van der Waals surface area contributed by atoms with E-state index in [1.165, 1.54) is 5.56 Å². The predicted molar refractivity (Wildman–Crippen MR) is 111 cm³/mol. The summed E-state index contributed by atoms with van der Waals surface area (Å²) < 4.78 is 14.9. The molecule has 3 rings (SSSR count). The molecule has 0 amide bonds. The summed E-state index contributed by atoms with van der Waals surface area (Å²) >= 11 is 8.75.